The molecule has 0 aliphatic rings. The van der Waals surface area contributed by atoms with Gasteiger partial charge in [0.2, 0.25) is 0 Å². The van der Waals surface area contributed by atoms with E-state index in [-0.39, 0.29) is 0 Å². The summed E-state index contributed by atoms with van der Waals surface area (Å²) < 4.78 is 0. The van der Waals surface area contributed by atoms with Crippen LogP contribution >= 0.6 is 11.6 Å². The van der Waals surface area contributed by atoms with Gasteiger partial charge in [-0.1, -0.05) is 62.5 Å². The molecule has 2 nitrogen and oxygen atoms in total. The van der Waals surface area contributed by atoms with Crippen molar-refractivity contribution in [2.24, 2.45) is 0 Å². The van der Waals surface area contributed by atoms with Crippen LogP contribution in [0.15, 0.2) is 48.5 Å². The molecular weight excluding hydrogens is 378 g/mol. The SMILES string of the molecule is CCC(CCCCCCCCC#Cc1ccc(Cl)cc1)Nc1ccc(C=O)cc1. The smallest absolute Gasteiger partial charge is 0.150 e. The highest BCUT2D eigenvalue weighted by molar-refractivity contribution is 6.30. The predicted molar refractivity (Wildman–Crippen MR) is 125 cm³/mol. The van der Waals surface area contributed by atoms with Crippen LogP contribution in [-0.4, -0.2) is 12.3 Å². The number of rotatable bonds is 12. The summed E-state index contributed by atoms with van der Waals surface area (Å²) in [5.41, 5.74) is 2.86. The Morgan fingerprint density at radius 1 is 0.931 bits per heavy atom. The molecule has 1 atom stereocenters. The zero-order valence-corrected chi connectivity index (χ0v) is 18.2. The highest BCUT2D eigenvalue weighted by atomic mass is 35.5. The second kappa shape index (κ2) is 13.9. The summed E-state index contributed by atoms with van der Waals surface area (Å²) in [4.78, 5) is 10.7. The van der Waals surface area contributed by atoms with E-state index in [1.54, 1.807) is 0 Å². The van der Waals surface area contributed by atoms with Crippen molar-refractivity contribution in [2.45, 2.75) is 70.8 Å². The summed E-state index contributed by atoms with van der Waals surface area (Å²) in [6.07, 6.45) is 11.7. The van der Waals surface area contributed by atoms with Crippen LogP contribution < -0.4 is 5.32 Å². The van der Waals surface area contributed by atoms with Gasteiger partial charge in [-0.2, -0.15) is 0 Å². The normalized spacial score (nSPS) is 11.4. The van der Waals surface area contributed by atoms with Gasteiger partial charge < -0.3 is 5.32 Å². The van der Waals surface area contributed by atoms with Gasteiger partial charge in [0.25, 0.3) is 0 Å². The van der Waals surface area contributed by atoms with Crippen molar-refractivity contribution < 1.29 is 4.79 Å². The maximum atomic E-state index is 10.7. The van der Waals surface area contributed by atoms with Gasteiger partial charge in [0.05, 0.1) is 0 Å². The van der Waals surface area contributed by atoms with E-state index in [9.17, 15) is 4.79 Å². The molecular formula is C26H32ClNO. The van der Waals surface area contributed by atoms with E-state index < -0.39 is 0 Å². The third-order valence-electron chi connectivity index (χ3n) is 5.09. The average Bonchev–Trinajstić information content (AvgIpc) is 2.76. The number of carbonyl (C=O) groups excluding carboxylic acids is 1. The lowest BCUT2D eigenvalue weighted by Gasteiger charge is -2.18. The lowest BCUT2D eigenvalue weighted by molar-refractivity contribution is 0.112. The number of anilines is 1. The van der Waals surface area contributed by atoms with Gasteiger partial charge >= 0.3 is 0 Å². The summed E-state index contributed by atoms with van der Waals surface area (Å²) in [7, 11) is 0. The van der Waals surface area contributed by atoms with Gasteiger partial charge in [-0.25, -0.2) is 0 Å². The van der Waals surface area contributed by atoms with Gasteiger partial charge in [-0.3, -0.25) is 4.79 Å². The van der Waals surface area contributed by atoms with E-state index in [4.69, 9.17) is 11.6 Å². The average molecular weight is 410 g/mol. The lowest BCUT2D eigenvalue weighted by Crippen LogP contribution is -2.18. The summed E-state index contributed by atoms with van der Waals surface area (Å²) >= 11 is 5.88. The quantitative estimate of drug-likeness (QED) is 0.223. The van der Waals surface area contributed by atoms with Crippen molar-refractivity contribution >= 4 is 23.6 Å². The van der Waals surface area contributed by atoms with Crippen molar-refractivity contribution in [3.63, 3.8) is 0 Å². The summed E-state index contributed by atoms with van der Waals surface area (Å²) in [6, 6.07) is 15.9. The summed E-state index contributed by atoms with van der Waals surface area (Å²) in [6.45, 7) is 2.22. The molecule has 0 aromatic heterocycles. The first kappa shape index (κ1) is 23.0. The van der Waals surface area contributed by atoms with E-state index in [1.807, 2.05) is 48.5 Å². The van der Waals surface area contributed by atoms with Gasteiger partial charge in [0.1, 0.15) is 6.29 Å². The number of benzene rings is 2. The van der Waals surface area contributed by atoms with Crippen molar-refractivity contribution in [3.05, 3.63) is 64.7 Å². The van der Waals surface area contributed by atoms with E-state index in [0.717, 1.165) is 41.0 Å². The van der Waals surface area contributed by atoms with Crippen LogP contribution in [0.1, 0.15) is 80.6 Å². The third-order valence-corrected chi connectivity index (χ3v) is 5.34. The highest BCUT2D eigenvalue weighted by Crippen LogP contribution is 2.16. The van der Waals surface area contributed by atoms with Crippen LogP contribution in [0.3, 0.4) is 0 Å². The molecule has 29 heavy (non-hydrogen) atoms. The van der Waals surface area contributed by atoms with Crippen LogP contribution in [0.2, 0.25) is 5.02 Å². The van der Waals surface area contributed by atoms with Crippen molar-refractivity contribution in [1.82, 2.24) is 0 Å². The molecule has 0 radical (unpaired) electrons. The zero-order valence-electron chi connectivity index (χ0n) is 17.4. The Bertz CT molecular complexity index is 771. The highest BCUT2D eigenvalue weighted by Gasteiger charge is 2.06. The van der Waals surface area contributed by atoms with E-state index in [2.05, 4.69) is 24.1 Å². The van der Waals surface area contributed by atoms with Gasteiger partial charge in [0.15, 0.2) is 0 Å². The Balaban J connectivity index is 1.51. The summed E-state index contributed by atoms with van der Waals surface area (Å²) in [5.74, 6) is 6.45. The van der Waals surface area contributed by atoms with Crippen LogP contribution in [0.4, 0.5) is 5.69 Å². The maximum Gasteiger partial charge on any atom is 0.150 e. The number of hydrogen-bond donors (Lipinski definition) is 1. The number of halogens is 1. The molecule has 0 amide bonds. The maximum absolute atomic E-state index is 10.7. The molecule has 1 N–H and O–H groups in total. The van der Waals surface area contributed by atoms with Crippen LogP contribution in [0, 0.1) is 11.8 Å². The first-order valence-corrected chi connectivity index (χ1v) is 11.1. The Hall–Kier alpha value is -2.24. The number of carbonyl (C=O) groups is 1. The van der Waals surface area contributed by atoms with Crippen molar-refractivity contribution in [3.8, 4) is 11.8 Å². The number of hydrogen-bond acceptors (Lipinski definition) is 2. The molecule has 2 aromatic carbocycles. The first-order chi connectivity index (χ1) is 14.2. The Morgan fingerprint density at radius 2 is 1.59 bits per heavy atom. The summed E-state index contributed by atoms with van der Waals surface area (Å²) in [5, 5.41) is 4.34. The van der Waals surface area contributed by atoms with Crippen LogP contribution in [0.25, 0.3) is 0 Å². The van der Waals surface area contributed by atoms with Gasteiger partial charge in [0, 0.05) is 34.3 Å². The molecule has 0 saturated carbocycles. The largest absolute Gasteiger partial charge is 0.382 e. The second-order valence-corrected chi connectivity index (χ2v) is 7.89. The van der Waals surface area contributed by atoms with Gasteiger partial charge in [-0.05, 0) is 67.8 Å². The Labute approximate surface area is 181 Å². The van der Waals surface area contributed by atoms with E-state index in [0.29, 0.717) is 6.04 Å². The molecule has 0 aliphatic carbocycles. The predicted octanol–water partition coefficient (Wildman–Crippen LogP) is 7.52. The molecule has 2 aromatic rings. The van der Waals surface area contributed by atoms with E-state index in [1.165, 1.54) is 44.9 Å². The molecule has 0 heterocycles. The number of nitrogens with one attached hydrogen (secondary N) is 1. The van der Waals surface area contributed by atoms with Crippen LogP contribution in [0.5, 0.6) is 0 Å². The molecule has 0 fully saturated rings. The number of aldehydes is 1. The Morgan fingerprint density at radius 3 is 2.24 bits per heavy atom. The molecule has 0 bridgehead atoms. The minimum absolute atomic E-state index is 0.500. The molecule has 3 heteroatoms. The fraction of sp³-hybridized carbons (Fsp3) is 0.423. The number of unbranched alkanes of at least 4 members (excludes halogenated alkanes) is 6. The van der Waals surface area contributed by atoms with E-state index >= 15 is 0 Å². The Kier molecular flexibility index (Phi) is 11.0. The molecule has 1 unspecified atom stereocenters. The zero-order chi connectivity index (χ0) is 20.7. The topological polar surface area (TPSA) is 29.1 Å². The monoisotopic (exact) mass is 409 g/mol. The minimum Gasteiger partial charge on any atom is -0.382 e. The second-order valence-electron chi connectivity index (χ2n) is 7.46. The molecule has 154 valence electrons. The molecule has 0 saturated heterocycles. The van der Waals surface area contributed by atoms with Crippen LogP contribution in [-0.2, 0) is 0 Å². The standard InChI is InChI=1S/C26H32ClNO/c1-2-25(28-26-19-15-23(21-29)16-20-26)12-10-8-6-4-3-5-7-9-11-22-13-17-24(27)18-14-22/h13-21,25,28H,2-8,10,12H2,1H3. The lowest BCUT2D eigenvalue weighted by atomic mass is 10.0. The molecule has 0 aliphatic heterocycles. The fourth-order valence-corrected chi connectivity index (χ4v) is 3.41. The fourth-order valence-electron chi connectivity index (χ4n) is 3.28. The first-order valence-electron chi connectivity index (χ1n) is 10.8. The van der Waals surface area contributed by atoms with Crippen molar-refractivity contribution in [1.29, 1.82) is 0 Å². The van der Waals surface area contributed by atoms with Gasteiger partial charge in [-0.15, -0.1) is 0 Å². The molecule has 0 spiro atoms. The minimum atomic E-state index is 0.500. The van der Waals surface area contributed by atoms with Crippen molar-refractivity contribution in [2.75, 3.05) is 5.32 Å². The molecule has 2 rings (SSSR count). The third kappa shape index (κ3) is 9.68.